The van der Waals surface area contributed by atoms with Crippen LogP contribution >= 0.6 is 11.8 Å². The van der Waals surface area contributed by atoms with Gasteiger partial charge in [-0.25, -0.2) is 4.98 Å². The van der Waals surface area contributed by atoms with Crippen LogP contribution in [0.25, 0.3) is 0 Å². The molecule has 1 aliphatic heterocycles. The minimum atomic E-state index is -0.390. The molecule has 2 atom stereocenters. The van der Waals surface area contributed by atoms with Gasteiger partial charge in [0.05, 0.1) is 5.56 Å². The number of allylic oxidation sites excluding steroid dienone is 2. The van der Waals surface area contributed by atoms with Gasteiger partial charge in [-0.05, 0) is 37.0 Å². The van der Waals surface area contributed by atoms with E-state index in [1.165, 1.54) is 0 Å². The van der Waals surface area contributed by atoms with Gasteiger partial charge < -0.3 is 15.2 Å². The third kappa shape index (κ3) is 3.78. The first kappa shape index (κ1) is 20.7. The van der Waals surface area contributed by atoms with E-state index in [1.807, 2.05) is 43.3 Å². The molecule has 2 aromatic rings. The summed E-state index contributed by atoms with van der Waals surface area (Å²) in [6, 6.07) is 8.09. The zero-order valence-corrected chi connectivity index (χ0v) is 18.7. The van der Waals surface area contributed by atoms with Crippen molar-refractivity contribution in [2.24, 2.45) is 0 Å². The number of nitrogens with one attached hydrogen (secondary N) is 2. The number of Topliss-reactive ketones (excluding diaryl/α,β-unsaturated/α-hetero) is 1. The first-order valence-electron chi connectivity index (χ1n) is 10.5. The van der Waals surface area contributed by atoms with Crippen LogP contribution in [-0.2, 0) is 4.79 Å². The molecular formula is C23H28N4O2S. The Bertz CT molecular complexity index is 1060. The molecule has 1 aromatic carbocycles. The molecule has 2 heterocycles. The van der Waals surface area contributed by atoms with Gasteiger partial charge in [0.15, 0.2) is 10.9 Å². The molecule has 0 spiro atoms. The van der Waals surface area contributed by atoms with Gasteiger partial charge in [-0.15, -0.1) is 0 Å². The van der Waals surface area contributed by atoms with Crippen molar-refractivity contribution < 1.29 is 4.79 Å². The number of aromatic amines is 1. The lowest BCUT2D eigenvalue weighted by molar-refractivity contribution is -0.116. The maximum Gasteiger partial charge on any atom is 0.257 e. The maximum atomic E-state index is 13.2. The zero-order valence-electron chi connectivity index (χ0n) is 17.9. The lowest BCUT2D eigenvalue weighted by atomic mass is 9.76. The molecular weight excluding hydrogens is 396 g/mol. The van der Waals surface area contributed by atoms with E-state index in [-0.39, 0.29) is 17.3 Å². The number of anilines is 2. The summed E-state index contributed by atoms with van der Waals surface area (Å²) in [5, 5.41) is 4.31. The summed E-state index contributed by atoms with van der Waals surface area (Å²) in [5.41, 5.74) is 4.02. The Kier molecular flexibility index (Phi) is 5.73. The van der Waals surface area contributed by atoms with Crippen molar-refractivity contribution in [3.63, 3.8) is 0 Å². The molecule has 0 bridgehead atoms. The van der Waals surface area contributed by atoms with Gasteiger partial charge in [0.1, 0.15) is 5.82 Å². The van der Waals surface area contributed by atoms with E-state index in [0.717, 1.165) is 41.8 Å². The van der Waals surface area contributed by atoms with Crippen LogP contribution in [0.3, 0.4) is 0 Å². The molecule has 158 valence electrons. The third-order valence-electron chi connectivity index (χ3n) is 5.87. The molecule has 1 aromatic heterocycles. The Morgan fingerprint density at radius 3 is 2.60 bits per heavy atom. The molecule has 7 heteroatoms. The van der Waals surface area contributed by atoms with Gasteiger partial charge in [-0.3, -0.25) is 9.59 Å². The van der Waals surface area contributed by atoms with Crippen LogP contribution in [0.1, 0.15) is 56.6 Å². The average Bonchev–Trinajstić information content (AvgIpc) is 2.72. The summed E-state index contributed by atoms with van der Waals surface area (Å²) in [7, 11) is 3.98. The molecule has 0 amide bonds. The SMILES string of the molecule is CCC(C)Sc1nc2c(c(=O)[nH]1)C(c1ccc(N(C)C)cc1)C1=C(CCCC1=O)N2. The van der Waals surface area contributed by atoms with Crippen LogP contribution in [0.2, 0.25) is 0 Å². The van der Waals surface area contributed by atoms with Gasteiger partial charge in [0.25, 0.3) is 5.56 Å². The Labute approximate surface area is 181 Å². The van der Waals surface area contributed by atoms with Crippen LogP contribution < -0.4 is 15.8 Å². The van der Waals surface area contributed by atoms with Gasteiger partial charge in [-0.2, -0.15) is 0 Å². The van der Waals surface area contributed by atoms with E-state index in [4.69, 9.17) is 4.98 Å². The van der Waals surface area contributed by atoms with Crippen LogP contribution in [0.15, 0.2) is 45.5 Å². The number of carbonyl (C=O) groups is 1. The zero-order chi connectivity index (χ0) is 21.4. The highest BCUT2D eigenvalue weighted by atomic mass is 32.2. The number of hydrogen-bond acceptors (Lipinski definition) is 6. The van der Waals surface area contributed by atoms with Crippen LogP contribution in [-0.4, -0.2) is 35.1 Å². The predicted molar refractivity (Wildman–Crippen MR) is 123 cm³/mol. The Hall–Kier alpha value is -2.54. The summed E-state index contributed by atoms with van der Waals surface area (Å²) < 4.78 is 0. The fraction of sp³-hybridized carbons (Fsp3) is 0.435. The van der Waals surface area contributed by atoms with Crippen LogP contribution in [0.4, 0.5) is 11.5 Å². The topological polar surface area (TPSA) is 78.1 Å². The van der Waals surface area contributed by atoms with E-state index >= 15 is 0 Å². The summed E-state index contributed by atoms with van der Waals surface area (Å²) in [5.74, 6) is 0.312. The number of nitrogens with zero attached hydrogens (tertiary/aromatic N) is 2. The molecule has 0 fully saturated rings. The molecule has 4 rings (SSSR count). The molecule has 0 radical (unpaired) electrons. The van der Waals surface area contributed by atoms with Crippen molar-refractivity contribution in [3.05, 3.63) is 57.0 Å². The van der Waals surface area contributed by atoms with E-state index in [9.17, 15) is 9.59 Å². The van der Waals surface area contributed by atoms with Crippen LogP contribution in [0, 0.1) is 0 Å². The van der Waals surface area contributed by atoms with Gasteiger partial charge in [0.2, 0.25) is 0 Å². The summed E-state index contributed by atoms with van der Waals surface area (Å²) in [6.07, 6.45) is 3.14. The lowest BCUT2D eigenvalue weighted by Gasteiger charge is -2.33. The number of rotatable bonds is 5. The second kappa shape index (κ2) is 8.30. The largest absolute Gasteiger partial charge is 0.378 e. The van der Waals surface area contributed by atoms with Crippen molar-refractivity contribution in [3.8, 4) is 0 Å². The number of H-pyrrole nitrogens is 1. The van der Waals surface area contributed by atoms with Crippen molar-refractivity contribution in [2.45, 2.75) is 55.9 Å². The molecule has 0 saturated carbocycles. The summed E-state index contributed by atoms with van der Waals surface area (Å²) in [6.45, 7) is 4.23. The van der Waals surface area contributed by atoms with E-state index in [0.29, 0.717) is 28.2 Å². The fourth-order valence-electron chi connectivity index (χ4n) is 4.07. The summed E-state index contributed by atoms with van der Waals surface area (Å²) >= 11 is 1.57. The third-order valence-corrected chi connectivity index (χ3v) is 7.02. The van der Waals surface area contributed by atoms with Crippen molar-refractivity contribution >= 4 is 29.1 Å². The highest BCUT2D eigenvalue weighted by Crippen LogP contribution is 2.43. The minimum Gasteiger partial charge on any atom is -0.378 e. The maximum absolute atomic E-state index is 13.2. The van der Waals surface area contributed by atoms with E-state index < -0.39 is 0 Å². The standard InChI is InChI=1S/C23H28N4O2S/c1-5-13(2)30-23-25-21-20(22(29)26-23)18(14-9-11-15(12-10-14)27(3)4)19-16(24-21)7-6-8-17(19)28/h9-13,18H,5-8H2,1-4H3,(H2,24,25,26,29). The summed E-state index contributed by atoms with van der Waals surface area (Å²) in [4.78, 5) is 35.8. The highest BCUT2D eigenvalue weighted by molar-refractivity contribution is 7.99. The van der Waals surface area contributed by atoms with E-state index in [1.54, 1.807) is 11.8 Å². The molecule has 6 nitrogen and oxygen atoms in total. The normalized spacial score (nSPS) is 19.1. The number of fused-ring (bicyclic) bond motifs is 1. The van der Waals surface area contributed by atoms with E-state index in [2.05, 4.69) is 24.1 Å². The van der Waals surface area contributed by atoms with Crippen molar-refractivity contribution in [2.75, 3.05) is 24.3 Å². The number of ketones is 1. The lowest BCUT2D eigenvalue weighted by Crippen LogP contribution is -2.32. The van der Waals surface area contributed by atoms with Crippen molar-refractivity contribution in [1.82, 2.24) is 9.97 Å². The monoisotopic (exact) mass is 424 g/mol. The second-order valence-electron chi connectivity index (χ2n) is 8.18. The Morgan fingerprint density at radius 1 is 1.20 bits per heavy atom. The number of benzene rings is 1. The Morgan fingerprint density at radius 2 is 1.93 bits per heavy atom. The predicted octanol–water partition coefficient (Wildman–Crippen LogP) is 4.29. The Balaban J connectivity index is 1.85. The van der Waals surface area contributed by atoms with Crippen molar-refractivity contribution in [1.29, 1.82) is 0 Å². The number of hydrogen-bond donors (Lipinski definition) is 2. The van der Waals surface area contributed by atoms with Gasteiger partial charge in [-0.1, -0.05) is 37.7 Å². The van der Waals surface area contributed by atoms with Gasteiger partial charge in [0, 0.05) is 48.6 Å². The van der Waals surface area contributed by atoms with Gasteiger partial charge >= 0.3 is 0 Å². The molecule has 30 heavy (non-hydrogen) atoms. The quantitative estimate of drug-likeness (QED) is 0.551. The fourth-order valence-corrected chi connectivity index (χ4v) is 4.91. The molecule has 2 N–H and O–H groups in total. The number of thioether (sulfide) groups is 1. The number of aromatic nitrogens is 2. The molecule has 0 saturated heterocycles. The number of carbonyl (C=O) groups excluding carboxylic acids is 1. The minimum absolute atomic E-state index is 0.119. The molecule has 2 unspecified atom stereocenters. The average molecular weight is 425 g/mol. The molecule has 1 aliphatic carbocycles. The van der Waals surface area contributed by atoms with Crippen LogP contribution in [0.5, 0.6) is 0 Å². The second-order valence-corrected chi connectivity index (χ2v) is 9.61. The first-order chi connectivity index (χ1) is 14.4. The first-order valence-corrected chi connectivity index (χ1v) is 11.4. The smallest absolute Gasteiger partial charge is 0.257 e. The molecule has 2 aliphatic rings. The highest BCUT2D eigenvalue weighted by Gasteiger charge is 2.37.